The van der Waals surface area contributed by atoms with Gasteiger partial charge in [-0.15, -0.1) is 0 Å². The number of rotatable bonds is 3. The van der Waals surface area contributed by atoms with Gasteiger partial charge in [0.25, 0.3) is 0 Å². The molecule has 3 heteroatoms. The highest BCUT2D eigenvalue weighted by Gasteiger charge is 2.32. The average molecular weight is 325 g/mol. The van der Waals surface area contributed by atoms with E-state index in [9.17, 15) is 8.78 Å². The Bertz CT molecular complexity index is 564. The zero-order chi connectivity index (χ0) is 14.0. The summed E-state index contributed by atoms with van der Waals surface area (Å²) in [6, 6.07) is 13.6. The minimum atomic E-state index is -0.557. The average Bonchev–Trinajstić information content (AvgIpc) is 2.39. The molecule has 100 valence electrons. The summed E-state index contributed by atoms with van der Waals surface area (Å²) in [5.41, 5.74) is 1.26. The van der Waals surface area contributed by atoms with Crippen molar-refractivity contribution >= 4 is 15.9 Å². The van der Waals surface area contributed by atoms with Crippen LogP contribution >= 0.6 is 15.9 Å². The molecule has 0 aromatic heterocycles. The van der Waals surface area contributed by atoms with Gasteiger partial charge in [-0.2, -0.15) is 0 Å². The smallest absolute Gasteiger partial charge is 0.130 e. The van der Waals surface area contributed by atoms with Crippen molar-refractivity contribution < 1.29 is 8.78 Å². The molecule has 0 radical (unpaired) electrons. The molecule has 2 aromatic carbocycles. The van der Waals surface area contributed by atoms with Gasteiger partial charge in [0.15, 0.2) is 0 Å². The van der Waals surface area contributed by atoms with Gasteiger partial charge in [-0.1, -0.05) is 66.2 Å². The third-order valence-corrected chi connectivity index (χ3v) is 5.02. The molecule has 2 rings (SSSR count). The minimum Gasteiger partial charge on any atom is -0.207 e. The molecule has 0 aliphatic heterocycles. The molecule has 0 aliphatic rings. The van der Waals surface area contributed by atoms with Crippen molar-refractivity contribution in [2.24, 2.45) is 0 Å². The molecule has 0 amide bonds. The fraction of sp³-hybridized carbons (Fsp3) is 0.250. The van der Waals surface area contributed by atoms with Gasteiger partial charge >= 0.3 is 0 Å². The molecule has 2 aromatic rings. The van der Waals surface area contributed by atoms with Crippen LogP contribution in [-0.2, 0) is 5.41 Å². The molecule has 0 N–H and O–H groups in total. The van der Waals surface area contributed by atoms with Gasteiger partial charge in [0.2, 0.25) is 0 Å². The molecule has 19 heavy (non-hydrogen) atoms. The van der Waals surface area contributed by atoms with Crippen LogP contribution in [0.15, 0.2) is 48.5 Å². The zero-order valence-electron chi connectivity index (χ0n) is 10.8. The molecule has 0 saturated heterocycles. The quantitative estimate of drug-likeness (QED) is 0.665. The lowest BCUT2D eigenvalue weighted by atomic mass is 9.79. The highest BCUT2D eigenvalue weighted by molar-refractivity contribution is 9.09. The van der Waals surface area contributed by atoms with Gasteiger partial charge in [0.1, 0.15) is 11.6 Å². The molecule has 1 atom stereocenters. The van der Waals surface area contributed by atoms with E-state index in [-0.39, 0.29) is 10.2 Å². The van der Waals surface area contributed by atoms with E-state index in [0.717, 1.165) is 11.6 Å². The lowest BCUT2D eigenvalue weighted by Gasteiger charge is -2.31. The van der Waals surface area contributed by atoms with Gasteiger partial charge in [-0.25, -0.2) is 8.78 Å². The molecule has 0 saturated carbocycles. The third kappa shape index (κ3) is 2.86. The lowest BCUT2D eigenvalue weighted by molar-refractivity contribution is 0.492. The molecule has 0 fully saturated rings. The Labute approximate surface area is 120 Å². The van der Waals surface area contributed by atoms with Crippen molar-refractivity contribution in [1.82, 2.24) is 0 Å². The van der Waals surface area contributed by atoms with Crippen molar-refractivity contribution in [3.8, 4) is 0 Å². The van der Waals surface area contributed by atoms with Crippen LogP contribution in [0, 0.1) is 11.6 Å². The topological polar surface area (TPSA) is 0 Å². The summed E-state index contributed by atoms with van der Waals surface area (Å²) in [7, 11) is 0. The fourth-order valence-corrected chi connectivity index (χ4v) is 2.75. The van der Waals surface area contributed by atoms with Crippen molar-refractivity contribution in [2.75, 3.05) is 0 Å². The first kappa shape index (κ1) is 14.2. The van der Waals surface area contributed by atoms with Crippen molar-refractivity contribution in [3.63, 3.8) is 0 Å². The Balaban J connectivity index is 2.40. The molecule has 0 aliphatic carbocycles. The van der Waals surface area contributed by atoms with E-state index in [1.165, 1.54) is 12.1 Å². The second kappa shape index (κ2) is 5.41. The summed E-state index contributed by atoms with van der Waals surface area (Å²) in [4.78, 5) is -0.233. The maximum absolute atomic E-state index is 13.9. The summed E-state index contributed by atoms with van der Waals surface area (Å²) in [6.07, 6.45) is 0. The van der Waals surface area contributed by atoms with Crippen molar-refractivity contribution in [3.05, 3.63) is 71.3 Å². The van der Waals surface area contributed by atoms with Crippen molar-refractivity contribution in [1.29, 1.82) is 0 Å². The molecule has 0 heterocycles. The second-order valence-electron chi connectivity index (χ2n) is 5.12. The lowest BCUT2D eigenvalue weighted by Crippen LogP contribution is -2.23. The third-order valence-electron chi connectivity index (χ3n) is 3.39. The Morgan fingerprint density at radius 3 is 2.21 bits per heavy atom. The maximum atomic E-state index is 13.9. The number of alkyl halides is 1. The minimum absolute atomic E-state index is 0.233. The summed E-state index contributed by atoms with van der Waals surface area (Å²) < 4.78 is 26.9. The molecular formula is C16H15BrF2. The van der Waals surface area contributed by atoms with Crippen LogP contribution in [0.4, 0.5) is 8.78 Å². The van der Waals surface area contributed by atoms with E-state index < -0.39 is 11.6 Å². The standard InChI is InChI=1S/C16H15BrF2/c1-16(2,11-6-4-3-5-7-11)15(17)13-9-8-12(18)10-14(13)19/h3-10,15H,1-2H3. The number of benzene rings is 2. The number of hydrogen-bond donors (Lipinski definition) is 0. The van der Waals surface area contributed by atoms with Crippen LogP contribution in [0.25, 0.3) is 0 Å². The molecular weight excluding hydrogens is 310 g/mol. The largest absolute Gasteiger partial charge is 0.207 e. The number of hydrogen-bond acceptors (Lipinski definition) is 0. The van der Waals surface area contributed by atoms with E-state index in [0.29, 0.717) is 5.56 Å². The van der Waals surface area contributed by atoms with E-state index in [2.05, 4.69) is 15.9 Å². The zero-order valence-corrected chi connectivity index (χ0v) is 12.4. The highest BCUT2D eigenvalue weighted by atomic mass is 79.9. The molecule has 1 unspecified atom stereocenters. The Kier molecular flexibility index (Phi) is 4.04. The normalized spacial score (nSPS) is 13.3. The van der Waals surface area contributed by atoms with Crippen LogP contribution in [0.3, 0.4) is 0 Å². The van der Waals surface area contributed by atoms with Crippen LogP contribution in [0.2, 0.25) is 0 Å². The summed E-state index contributed by atoms with van der Waals surface area (Å²) in [5.74, 6) is -1.08. The summed E-state index contributed by atoms with van der Waals surface area (Å²) in [5, 5.41) is 0. The fourth-order valence-electron chi connectivity index (χ4n) is 2.11. The predicted molar refractivity (Wildman–Crippen MR) is 77.5 cm³/mol. The summed E-state index contributed by atoms with van der Waals surface area (Å²) >= 11 is 3.56. The Hall–Kier alpha value is -1.22. The van der Waals surface area contributed by atoms with Crippen LogP contribution < -0.4 is 0 Å². The van der Waals surface area contributed by atoms with Crippen LogP contribution in [0.5, 0.6) is 0 Å². The van der Waals surface area contributed by atoms with Gasteiger partial charge in [-0.3, -0.25) is 0 Å². The molecule has 0 spiro atoms. The first-order valence-corrected chi connectivity index (χ1v) is 6.99. The summed E-state index contributed by atoms with van der Waals surface area (Å²) in [6.45, 7) is 4.06. The van der Waals surface area contributed by atoms with E-state index in [1.807, 2.05) is 44.2 Å². The first-order valence-electron chi connectivity index (χ1n) is 6.07. The van der Waals surface area contributed by atoms with E-state index >= 15 is 0 Å². The predicted octanol–water partition coefficient (Wildman–Crippen LogP) is 5.38. The second-order valence-corrected chi connectivity index (χ2v) is 6.03. The maximum Gasteiger partial charge on any atom is 0.130 e. The van der Waals surface area contributed by atoms with Gasteiger partial charge in [0.05, 0.1) is 4.83 Å². The van der Waals surface area contributed by atoms with E-state index in [4.69, 9.17) is 0 Å². The number of halogens is 3. The Morgan fingerprint density at radius 1 is 1.00 bits per heavy atom. The highest BCUT2D eigenvalue weighted by Crippen LogP contribution is 2.43. The molecule has 0 bridgehead atoms. The first-order chi connectivity index (χ1) is 8.93. The van der Waals surface area contributed by atoms with Gasteiger partial charge in [-0.05, 0) is 11.6 Å². The van der Waals surface area contributed by atoms with Crippen molar-refractivity contribution in [2.45, 2.75) is 24.1 Å². The van der Waals surface area contributed by atoms with Crippen LogP contribution in [-0.4, -0.2) is 0 Å². The molecule has 0 nitrogen and oxygen atoms in total. The van der Waals surface area contributed by atoms with E-state index in [1.54, 1.807) is 0 Å². The monoisotopic (exact) mass is 324 g/mol. The van der Waals surface area contributed by atoms with Gasteiger partial charge < -0.3 is 0 Å². The SMILES string of the molecule is CC(C)(c1ccccc1)C(Br)c1ccc(F)cc1F. The Morgan fingerprint density at radius 2 is 1.63 bits per heavy atom. The van der Waals surface area contributed by atoms with Crippen LogP contribution in [0.1, 0.15) is 29.8 Å². The van der Waals surface area contributed by atoms with Gasteiger partial charge in [0, 0.05) is 17.0 Å².